The van der Waals surface area contributed by atoms with Crippen LogP contribution in [-0.2, 0) is 9.53 Å². The third kappa shape index (κ3) is 1.70. The highest BCUT2D eigenvalue weighted by Gasteiger charge is 2.51. The lowest BCUT2D eigenvalue weighted by atomic mass is 9.79. The summed E-state index contributed by atoms with van der Waals surface area (Å²) in [6.07, 6.45) is 0.980. The summed E-state index contributed by atoms with van der Waals surface area (Å²) in [6, 6.07) is 1.78. The number of rotatable bonds is 2. The van der Waals surface area contributed by atoms with Gasteiger partial charge in [0.25, 0.3) is 5.91 Å². The smallest absolute Gasteiger partial charge is 0.267 e. The molecule has 3 N–H and O–H groups in total. The fourth-order valence-corrected chi connectivity index (χ4v) is 2.42. The fraction of sp³-hybridized carbons (Fsp3) is 0.455. The summed E-state index contributed by atoms with van der Waals surface area (Å²) in [5, 5.41) is 2.74. The first kappa shape index (κ1) is 11.9. The van der Waals surface area contributed by atoms with E-state index in [0.717, 1.165) is 4.47 Å². The van der Waals surface area contributed by atoms with Crippen LogP contribution in [0.4, 0.5) is 5.82 Å². The summed E-state index contributed by atoms with van der Waals surface area (Å²) in [6.45, 7) is 1.23. The molecule has 0 bridgehead atoms. The number of hydrogen-bond donors (Lipinski definition) is 2. The number of carbonyl (C=O) groups excluding carboxylic acids is 1. The van der Waals surface area contributed by atoms with Gasteiger partial charge in [0.2, 0.25) is 0 Å². The minimum Gasteiger partial charge on any atom is -0.476 e. The molecule has 96 valence electrons. The molecule has 1 aromatic rings. The molecule has 1 aromatic heterocycles. The first-order chi connectivity index (χ1) is 8.64. The molecule has 2 aliphatic rings. The maximum Gasteiger partial charge on any atom is 0.267 e. The quantitative estimate of drug-likeness (QED) is 0.831. The van der Waals surface area contributed by atoms with Gasteiger partial charge in [-0.05, 0) is 22.0 Å². The van der Waals surface area contributed by atoms with Crippen LogP contribution in [0.1, 0.15) is 0 Å². The van der Waals surface area contributed by atoms with E-state index in [1.165, 1.54) is 0 Å². The van der Waals surface area contributed by atoms with E-state index in [0.29, 0.717) is 31.3 Å². The van der Waals surface area contributed by atoms with E-state index in [2.05, 4.69) is 26.2 Å². The van der Waals surface area contributed by atoms with Crippen LogP contribution in [0, 0.1) is 5.41 Å². The standard InChI is InChI=1S/C11H12BrN3O3/c12-6-1-7-9(14-2-6)15-10(16)8(18-7)11(3-13)4-17-5-11/h1-2,8H,3-5,13H2,(H,14,15,16). The first-order valence-corrected chi connectivity index (χ1v) is 6.35. The van der Waals surface area contributed by atoms with Gasteiger partial charge in [0.1, 0.15) is 0 Å². The Morgan fingerprint density at radius 1 is 1.61 bits per heavy atom. The largest absolute Gasteiger partial charge is 0.476 e. The number of carbonyl (C=O) groups is 1. The lowest BCUT2D eigenvalue weighted by Crippen LogP contribution is -2.62. The van der Waals surface area contributed by atoms with Gasteiger partial charge in [-0.15, -0.1) is 0 Å². The molecule has 0 radical (unpaired) electrons. The summed E-state index contributed by atoms with van der Waals surface area (Å²) in [4.78, 5) is 16.1. The number of hydrogen-bond acceptors (Lipinski definition) is 5. The minimum atomic E-state index is -0.625. The third-order valence-electron chi connectivity index (χ3n) is 3.29. The molecular weight excluding hydrogens is 302 g/mol. The van der Waals surface area contributed by atoms with Crippen molar-refractivity contribution < 1.29 is 14.3 Å². The predicted octanol–water partition coefficient (Wildman–Crippen LogP) is 0.519. The molecule has 18 heavy (non-hydrogen) atoms. The number of nitrogens with two attached hydrogens (primary N) is 1. The van der Waals surface area contributed by atoms with Crippen LogP contribution in [0.15, 0.2) is 16.7 Å². The second kappa shape index (κ2) is 4.18. The lowest BCUT2D eigenvalue weighted by Gasteiger charge is -2.46. The Labute approximate surface area is 112 Å². The topological polar surface area (TPSA) is 86.5 Å². The van der Waals surface area contributed by atoms with Crippen molar-refractivity contribution in [2.24, 2.45) is 11.1 Å². The average Bonchev–Trinajstić information content (AvgIpc) is 2.29. The maximum atomic E-state index is 12.0. The van der Waals surface area contributed by atoms with Gasteiger partial charge in [0, 0.05) is 17.2 Å². The third-order valence-corrected chi connectivity index (χ3v) is 3.72. The Morgan fingerprint density at radius 2 is 2.39 bits per heavy atom. The van der Waals surface area contributed by atoms with Crippen molar-refractivity contribution in [2.45, 2.75) is 6.10 Å². The number of fused-ring (bicyclic) bond motifs is 1. The second-order valence-corrected chi connectivity index (χ2v) is 5.46. The number of nitrogens with zero attached hydrogens (tertiary/aromatic N) is 1. The molecule has 1 unspecified atom stereocenters. The van der Waals surface area contributed by atoms with Crippen molar-refractivity contribution in [2.75, 3.05) is 25.1 Å². The van der Waals surface area contributed by atoms with E-state index in [1.54, 1.807) is 12.3 Å². The van der Waals surface area contributed by atoms with Crippen molar-refractivity contribution >= 4 is 27.7 Å². The molecular formula is C11H12BrN3O3. The van der Waals surface area contributed by atoms with Crippen LogP contribution in [0.5, 0.6) is 5.75 Å². The molecule has 6 nitrogen and oxygen atoms in total. The number of anilines is 1. The monoisotopic (exact) mass is 313 g/mol. The van der Waals surface area contributed by atoms with E-state index >= 15 is 0 Å². The van der Waals surface area contributed by atoms with Crippen molar-refractivity contribution in [3.8, 4) is 5.75 Å². The summed E-state index contributed by atoms with van der Waals surface area (Å²) in [7, 11) is 0. The molecule has 1 fully saturated rings. The number of ether oxygens (including phenoxy) is 2. The number of aromatic nitrogens is 1. The fourth-order valence-electron chi connectivity index (χ4n) is 2.11. The van der Waals surface area contributed by atoms with E-state index in [9.17, 15) is 4.79 Å². The van der Waals surface area contributed by atoms with Gasteiger partial charge in [0.15, 0.2) is 17.7 Å². The number of halogens is 1. The Kier molecular flexibility index (Phi) is 2.76. The highest BCUT2D eigenvalue weighted by atomic mass is 79.9. The highest BCUT2D eigenvalue weighted by molar-refractivity contribution is 9.10. The van der Waals surface area contributed by atoms with Gasteiger partial charge in [-0.1, -0.05) is 0 Å². The van der Waals surface area contributed by atoms with E-state index in [-0.39, 0.29) is 5.91 Å². The molecule has 1 amide bonds. The van der Waals surface area contributed by atoms with Gasteiger partial charge in [-0.3, -0.25) is 4.79 Å². The van der Waals surface area contributed by atoms with Crippen LogP contribution in [-0.4, -0.2) is 36.8 Å². The molecule has 0 aliphatic carbocycles. The van der Waals surface area contributed by atoms with Gasteiger partial charge in [-0.25, -0.2) is 4.98 Å². The van der Waals surface area contributed by atoms with Crippen LogP contribution in [0.2, 0.25) is 0 Å². The SMILES string of the molecule is NCC1(C2Oc3cc(Br)cnc3NC2=O)COC1. The maximum absolute atomic E-state index is 12.0. The Hall–Kier alpha value is -1.18. The van der Waals surface area contributed by atoms with E-state index in [1.807, 2.05) is 0 Å². The zero-order valence-corrected chi connectivity index (χ0v) is 11.1. The molecule has 0 saturated carbocycles. The lowest BCUT2D eigenvalue weighted by molar-refractivity contribution is -0.169. The molecule has 0 aromatic carbocycles. The Morgan fingerprint density at radius 3 is 3.00 bits per heavy atom. The van der Waals surface area contributed by atoms with Crippen molar-refractivity contribution in [3.05, 3.63) is 16.7 Å². The minimum absolute atomic E-state index is 0.217. The number of amides is 1. The van der Waals surface area contributed by atoms with Crippen LogP contribution < -0.4 is 15.8 Å². The molecule has 1 atom stereocenters. The number of nitrogens with one attached hydrogen (secondary N) is 1. The van der Waals surface area contributed by atoms with Crippen molar-refractivity contribution in [3.63, 3.8) is 0 Å². The molecule has 3 rings (SSSR count). The van der Waals surface area contributed by atoms with Gasteiger partial charge in [0.05, 0.1) is 18.6 Å². The molecule has 2 aliphatic heterocycles. The summed E-state index contributed by atoms with van der Waals surface area (Å²) in [5.41, 5.74) is 5.32. The van der Waals surface area contributed by atoms with Crippen LogP contribution in [0.25, 0.3) is 0 Å². The summed E-state index contributed by atoms with van der Waals surface area (Å²) in [5.74, 6) is 0.770. The molecule has 7 heteroatoms. The number of pyridine rings is 1. The zero-order valence-electron chi connectivity index (χ0n) is 9.48. The van der Waals surface area contributed by atoms with Crippen LogP contribution in [0.3, 0.4) is 0 Å². The predicted molar refractivity (Wildman–Crippen MR) is 67.3 cm³/mol. The summed E-state index contributed by atoms with van der Waals surface area (Å²) >= 11 is 3.32. The van der Waals surface area contributed by atoms with Crippen LogP contribution >= 0.6 is 15.9 Å². The van der Waals surface area contributed by atoms with Gasteiger partial charge >= 0.3 is 0 Å². The first-order valence-electron chi connectivity index (χ1n) is 5.55. The zero-order chi connectivity index (χ0) is 12.8. The second-order valence-electron chi connectivity index (χ2n) is 4.55. The van der Waals surface area contributed by atoms with E-state index in [4.69, 9.17) is 15.2 Å². The molecule has 1 saturated heterocycles. The van der Waals surface area contributed by atoms with E-state index < -0.39 is 11.5 Å². The van der Waals surface area contributed by atoms with Crippen molar-refractivity contribution in [1.82, 2.24) is 4.98 Å². The Balaban J connectivity index is 1.93. The van der Waals surface area contributed by atoms with Gasteiger partial charge < -0.3 is 20.5 Å². The molecule has 0 spiro atoms. The van der Waals surface area contributed by atoms with Crippen molar-refractivity contribution in [1.29, 1.82) is 0 Å². The van der Waals surface area contributed by atoms with Gasteiger partial charge in [-0.2, -0.15) is 0 Å². The Bertz CT molecular complexity index is 499. The molecule has 3 heterocycles. The normalized spacial score (nSPS) is 24.6. The summed E-state index contributed by atoms with van der Waals surface area (Å²) < 4.78 is 11.7. The highest BCUT2D eigenvalue weighted by Crippen LogP contribution is 2.38. The average molecular weight is 314 g/mol.